The summed E-state index contributed by atoms with van der Waals surface area (Å²) in [7, 11) is 0. The first-order valence-electron chi connectivity index (χ1n) is 8.49. The number of fused-ring (bicyclic) bond motifs is 1. The van der Waals surface area contributed by atoms with Crippen LogP contribution in [0.4, 0.5) is 9.18 Å². The number of carbonyl (C=O) groups is 1. The van der Waals surface area contributed by atoms with Gasteiger partial charge in [-0.05, 0) is 36.8 Å². The highest BCUT2D eigenvalue weighted by Crippen LogP contribution is 2.21. The molecule has 3 aromatic heterocycles. The van der Waals surface area contributed by atoms with Gasteiger partial charge in [0, 0.05) is 12.7 Å². The summed E-state index contributed by atoms with van der Waals surface area (Å²) in [6.45, 7) is 2.19. The largest absolute Gasteiger partial charge is 0.334 e. The van der Waals surface area contributed by atoms with Crippen molar-refractivity contribution >= 4 is 11.7 Å². The number of aryl methyl sites for hydroxylation is 1. The van der Waals surface area contributed by atoms with Crippen LogP contribution in [0.2, 0.25) is 0 Å². The number of hydrogen-bond acceptors (Lipinski definition) is 6. The van der Waals surface area contributed by atoms with Crippen LogP contribution < -0.4 is 10.6 Å². The quantitative estimate of drug-likeness (QED) is 0.548. The molecule has 0 atom stereocenters. The van der Waals surface area contributed by atoms with Crippen LogP contribution >= 0.6 is 0 Å². The third kappa shape index (κ3) is 3.65. The van der Waals surface area contributed by atoms with Crippen LogP contribution in [0.5, 0.6) is 0 Å². The van der Waals surface area contributed by atoms with Gasteiger partial charge >= 0.3 is 6.03 Å². The van der Waals surface area contributed by atoms with Gasteiger partial charge in [0.25, 0.3) is 5.89 Å². The van der Waals surface area contributed by atoms with E-state index in [9.17, 15) is 9.18 Å². The number of urea groups is 1. The number of aromatic nitrogens is 5. The lowest BCUT2D eigenvalue weighted by molar-refractivity contribution is 0.240. The normalized spacial score (nSPS) is 10.9. The molecule has 0 saturated heterocycles. The van der Waals surface area contributed by atoms with Crippen molar-refractivity contribution in [1.82, 2.24) is 35.4 Å². The van der Waals surface area contributed by atoms with E-state index in [0.717, 1.165) is 5.56 Å². The molecule has 0 saturated carbocycles. The number of carbonyl (C=O) groups excluding carboxylic acids is 1. The molecule has 0 aliphatic heterocycles. The van der Waals surface area contributed by atoms with E-state index in [2.05, 4.69) is 31.0 Å². The van der Waals surface area contributed by atoms with Crippen LogP contribution in [0.15, 0.2) is 47.1 Å². The number of nitrogens with one attached hydrogen (secondary N) is 2. The Labute approximate surface area is 158 Å². The fourth-order valence-electron chi connectivity index (χ4n) is 2.66. The fraction of sp³-hybridized carbons (Fsp3) is 0.167. The Morgan fingerprint density at radius 2 is 1.93 bits per heavy atom. The zero-order valence-corrected chi connectivity index (χ0v) is 14.9. The molecule has 0 unspecified atom stereocenters. The van der Waals surface area contributed by atoms with Gasteiger partial charge in [0.2, 0.25) is 0 Å². The monoisotopic (exact) mass is 381 g/mol. The molecule has 1 aromatic carbocycles. The summed E-state index contributed by atoms with van der Waals surface area (Å²) in [5, 5.41) is 17.5. The van der Waals surface area contributed by atoms with Crippen LogP contribution in [-0.4, -0.2) is 30.8 Å². The van der Waals surface area contributed by atoms with Crippen molar-refractivity contribution in [3.05, 3.63) is 65.6 Å². The molecular formula is C18H16FN7O2. The third-order valence-corrected chi connectivity index (χ3v) is 4.04. The Morgan fingerprint density at radius 1 is 1.14 bits per heavy atom. The van der Waals surface area contributed by atoms with Crippen molar-refractivity contribution in [2.75, 3.05) is 0 Å². The molecule has 0 aliphatic rings. The van der Waals surface area contributed by atoms with E-state index in [1.165, 1.54) is 12.1 Å². The molecule has 4 rings (SSSR count). The van der Waals surface area contributed by atoms with Gasteiger partial charge in [-0.3, -0.25) is 4.40 Å². The first-order chi connectivity index (χ1) is 13.6. The van der Waals surface area contributed by atoms with E-state index in [4.69, 9.17) is 4.52 Å². The lowest BCUT2D eigenvalue weighted by Crippen LogP contribution is -2.35. The Balaban J connectivity index is 1.42. The Kier molecular flexibility index (Phi) is 4.67. The predicted octanol–water partition coefficient (Wildman–Crippen LogP) is 2.23. The second-order valence-electron chi connectivity index (χ2n) is 6.04. The van der Waals surface area contributed by atoms with Crippen LogP contribution in [-0.2, 0) is 13.1 Å². The van der Waals surface area contributed by atoms with Crippen molar-refractivity contribution in [3.63, 3.8) is 0 Å². The van der Waals surface area contributed by atoms with Crippen LogP contribution in [0, 0.1) is 12.7 Å². The highest BCUT2D eigenvalue weighted by molar-refractivity contribution is 5.74. The van der Waals surface area contributed by atoms with E-state index < -0.39 is 0 Å². The smallest absolute Gasteiger partial charge is 0.315 e. The van der Waals surface area contributed by atoms with Crippen molar-refractivity contribution in [3.8, 4) is 11.5 Å². The average Bonchev–Trinajstić information content (AvgIpc) is 3.32. The van der Waals surface area contributed by atoms with Gasteiger partial charge < -0.3 is 15.2 Å². The Hall–Kier alpha value is -3.82. The molecule has 10 heteroatoms. The molecule has 9 nitrogen and oxygen atoms in total. The van der Waals surface area contributed by atoms with E-state index in [0.29, 0.717) is 28.8 Å². The Bertz CT molecular complexity index is 1120. The zero-order valence-electron chi connectivity index (χ0n) is 14.9. The molecule has 2 amide bonds. The minimum atomic E-state index is -0.371. The van der Waals surface area contributed by atoms with Crippen molar-refractivity contribution in [1.29, 1.82) is 0 Å². The summed E-state index contributed by atoms with van der Waals surface area (Å²) >= 11 is 0. The van der Waals surface area contributed by atoms with Crippen molar-refractivity contribution in [2.24, 2.45) is 0 Å². The van der Waals surface area contributed by atoms with Gasteiger partial charge in [0.05, 0.1) is 12.1 Å². The van der Waals surface area contributed by atoms with Crippen molar-refractivity contribution < 1.29 is 13.7 Å². The summed E-state index contributed by atoms with van der Waals surface area (Å²) in [4.78, 5) is 16.2. The summed E-state index contributed by atoms with van der Waals surface area (Å²) in [6.07, 6.45) is 1.79. The molecular weight excluding hydrogens is 365 g/mol. The minimum absolute atomic E-state index is 0.169. The number of rotatable bonds is 5. The van der Waals surface area contributed by atoms with Gasteiger partial charge in [-0.1, -0.05) is 17.3 Å². The average molecular weight is 381 g/mol. The van der Waals surface area contributed by atoms with E-state index in [1.54, 1.807) is 29.7 Å². The standard InChI is InChI=1S/C18H16FN7O2/c1-11-22-17(28-25-11)14-3-2-8-26-15(23-24-16(14)26)10-21-18(27)20-9-12-4-6-13(19)7-5-12/h2-8H,9-10H2,1H3,(H2,20,21,27). The van der Waals surface area contributed by atoms with Gasteiger partial charge in [0.15, 0.2) is 17.3 Å². The van der Waals surface area contributed by atoms with Gasteiger partial charge in [-0.25, -0.2) is 9.18 Å². The zero-order chi connectivity index (χ0) is 19.5. The predicted molar refractivity (Wildman–Crippen MR) is 96.5 cm³/mol. The van der Waals surface area contributed by atoms with Crippen molar-refractivity contribution in [2.45, 2.75) is 20.0 Å². The number of halogens is 1. The minimum Gasteiger partial charge on any atom is -0.334 e. The summed E-state index contributed by atoms with van der Waals surface area (Å²) in [6, 6.07) is 9.17. The highest BCUT2D eigenvalue weighted by atomic mass is 19.1. The van der Waals surface area contributed by atoms with Crippen LogP contribution in [0.3, 0.4) is 0 Å². The molecule has 0 radical (unpaired) electrons. The number of nitrogens with zero attached hydrogens (tertiary/aromatic N) is 5. The molecule has 142 valence electrons. The number of hydrogen-bond donors (Lipinski definition) is 2. The van der Waals surface area contributed by atoms with Gasteiger partial charge in [0.1, 0.15) is 5.82 Å². The maximum absolute atomic E-state index is 12.9. The molecule has 28 heavy (non-hydrogen) atoms. The van der Waals surface area contributed by atoms with Crippen LogP contribution in [0.25, 0.3) is 17.1 Å². The molecule has 0 fully saturated rings. The van der Waals surface area contributed by atoms with Gasteiger partial charge in [-0.15, -0.1) is 10.2 Å². The molecule has 2 N–H and O–H groups in total. The number of pyridine rings is 1. The maximum atomic E-state index is 12.9. The molecule has 0 aliphatic carbocycles. The lowest BCUT2D eigenvalue weighted by atomic mass is 10.2. The second kappa shape index (κ2) is 7.43. The van der Waals surface area contributed by atoms with Gasteiger partial charge in [-0.2, -0.15) is 4.98 Å². The summed E-state index contributed by atoms with van der Waals surface area (Å²) < 4.78 is 19.8. The summed E-state index contributed by atoms with van der Waals surface area (Å²) in [5.41, 5.74) is 2.00. The molecule has 3 heterocycles. The summed E-state index contributed by atoms with van der Waals surface area (Å²) in [5.74, 6) is 1.11. The van der Waals surface area contributed by atoms with Crippen LogP contribution in [0.1, 0.15) is 17.2 Å². The first kappa shape index (κ1) is 17.6. The highest BCUT2D eigenvalue weighted by Gasteiger charge is 2.15. The third-order valence-electron chi connectivity index (χ3n) is 4.04. The number of amides is 2. The lowest BCUT2D eigenvalue weighted by Gasteiger charge is -2.07. The SMILES string of the molecule is Cc1noc(-c2cccn3c(CNC(=O)NCc4ccc(F)cc4)nnc23)n1. The second-order valence-corrected chi connectivity index (χ2v) is 6.04. The van der Waals surface area contributed by atoms with E-state index in [-0.39, 0.29) is 24.9 Å². The molecule has 0 bridgehead atoms. The number of benzene rings is 1. The fourth-order valence-corrected chi connectivity index (χ4v) is 2.66. The first-order valence-corrected chi connectivity index (χ1v) is 8.49. The molecule has 0 spiro atoms. The molecule has 4 aromatic rings. The maximum Gasteiger partial charge on any atom is 0.315 e. The Morgan fingerprint density at radius 3 is 2.68 bits per heavy atom. The topological polar surface area (TPSA) is 110 Å². The van der Waals surface area contributed by atoms with E-state index >= 15 is 0 Å². The van der Waals surface area contributed by atoms with E-state index in [1.807, 2.05) is 12.1 Å².